The van der Waals surface area contributed by atoms with E-state index in [1.807, 2.05) is 19.0 Å². The van der Waals surface area contributed by atoms with E-state index in [0.29, 0.717) is 5.56 Å². The van der Waals surface area contributed by atoms with Crippen LogP contribution in [-0.4, -0.2) is 43.4 Å². The van der Waals surface area contributed by atoms with Crippen molar-refractivity contribution < 1.29 is 18.0 Å². The third-order valence-corrected chi connectivity index (χ3v) is 4.25. The Morgan fingerprint density at radius 1 is 1.35 bits per heavy atom. The Labute approximate surface area is 134 Å². The second-order valence-electron chi connectivity index (χ2n) is 6.31. The fourth-order valence-corrected chi connectivity index (χ4v) is 3.18. The zero-order valence-electron chi connectivity index (χ0n) is 13.5. The fourth-order valence-electron chi connectivity index (χ4n) is 3.18. The number of nitrogens with one attached hydrogen (secondary N) is 1. The Balaban J connectivity index is 2.12. The van der Waals surface area contributed by atoms with Gasteiger partial charge in [-0.05, 0) is 45.1 Å². The van der Waals surface area contributed by atoms with Gasteiger partial charge in [-0.3, -0.25) is 9.69 Å². The summed E-state index contributed by atoms with van der Waals surface area (Å²) in [5.74, 6) is -0.0475. The normalized spacial score (nSPS) is 20.5. The molecule has 1 fully saturated rings. The Morgan fingerprint density at radius 3 is 2.65 bits per heavy atom. The lowest BCUT2D eigenvalue weighted by atomic mass is 9.91. The summed E-state index contributed by atoms with van der Waals surface area (Å²) < 4.78 is 38.3. The van der Waals surface area contributed by atoms with Crippen molar-refractivity contribution in [1.82, 2.24) is 10.2 Å². The van der Waals surface area contributed by atoms with E-state index in [0.717, 1.165) is 37.9 Å². The van der Waals surface area contributed by atoms with E-state index in [4.69, 9.17) is 0 Å². The molecule has 2 rings (SSSR count). The molecule has 0 spiro atoms. The quantitative estimate of drug-likeness (QED) is 0.902. The number of hydrogen-bond donors (Lipinski definition) is 1. The summed E-state index contributed by atoms with van der Waals surface area (Å²) in [7, 11) is 3.68. The van der Waals surface area contributed by atoms with Gasteiger partial charge in [-0.2, -0.15) is 13.2 Å². The molecule has 0 aromatic heterocycles. The average molecular weight is 328 g/mol. The van der Waals surface area contributed by atoms with Crippen molar-refractivity contribution in [2.75, 3.05) is 20.6 Å². The summed E-state index contributed by atoms with van der Waals surface area (Å²) in [6.07, 6.45) is -1.29. The van der Waals surface area contributed by atoms with Crippen molar-refractivity contribution in [3.8, 4) is 0 Å². The number of rotatable bonds is 5. The van der Waals surface area contributed by atoms with Crippen LogP contribution < -0.4 is 5.32 Å². The SMILES string of the molecule is CN(C)C(C(=O)Cc1cccc(C(F)(F)F)c1)[C@H]1CCCCN1. The van der Waals surface area contributed by atoms with E-state index in [1.165, 1.54) is 6.07 Å². The molecule has 1 aromatic rings. The van der Waals surface area contributed by atoms with Crippen LogP contribution in [0.25, 0.3) is 0 Å². The van der Waals surface area contributed by atoms with Gasteiger partial charge in [0.2, 0.25) is 0 Å². The molecule has 6 heteroatoms. The van der Waals surface area contributed by atoms with Crippen LogP contribution in [0, 0.1) is 0 Å². The second kappa shape index (κ2) is 7.45. The van der Waals surface area contributed by atoms with Gasteiger partial charge in [0.1, 0.15) is 0 Å². The summed E-state index contributed by atoms with van der Waals surface area (Å²) in [4.78, 5) is 14.5. The van der Waals surface area contributed by atoms with Gasteiger partial charge < -0.3 is 5.32 Å². The van der Waals surface area contributed by atoms with Gasteiger partial charge >= 0.3 is 6.18 Å². The lowest BCUT2D eigenvalue weighted by Crippen LogP contribution is -2.53. The molecule has 1 aliphatic heterocycles. The van der Waals surface area contributed by atoms with E-state index in [1.54, 1.807) is 6.07 Å². The molecule has 2 atom stereocenters. The van der Waals surface area contributed by atoms with Crippen LogP contribution in [0.5, 0.6) is 0 Å². The molecule has 3 nitrogen and oxygen atoms in total. The molecule has 1 heterocycles. The number of hydrogen-bond acceptors (Lipinski definition) is 3. The van der Waals surface area contributed by atoms with Crippen molar-refractivity contribution in [1.29, 1.82) is 0 Å². The van der Waals surface area contributed by atoms with Gasteiger partial charge in [-0.1, -0.05) is 24.6 Å². The molecule has 1 aliphatic rings. The first-order chi connectivity index (χ1) is 10.8. The molecule has 23 heavy (non-hydrogen) atoms. The van der Waals surface area contributed by atoms with Crippen molar-refractivity contribution in [2.24, 2.45) is 0 Å². The van der Waals surface area contributed by atoms with Crippen molar-refractivity contribution in [3.05, 3.63) is 35.4 Å². The van der Waals surface area contributed by atoms with Gasteiger partial charge in [-0.15, -0.1) is 0 Å². The molecular formula is C17H23F3N2O. The molecule has 1 N–H and O–H groups in total. The van der Waals surface area contributed by atoms with Crippen LogP contribution in [0.15, 0.2) is 24.3 Å². The van der Waals surface area contributed by atoms with Crippen LogP contribution in [0.3, 0.4) is 0 Å². The number of ketones is 1. The molecule has 0 bridgehead atoms. The Bertz CT molecular complexity index is 537. The molecule has 128 valence electrons. The minimum Gasteiger partial charge on any atom is -0.312 e. The van der Waals surface area contributed by atoms with Gasteiger partial charge in [0.25, 0.3) is 0 Å². The number of Topliss-reactive ketones (excluding diaryl/α,β-unsaturated/α-hetero) is 1. The topological polar surface area (TPSA) is 32.3 Å². The minimum absolute atomic E-state index is 0.0188. The number of likely N-dealkylation sites (N-methyl/N-ethyl adjacent to an activating group) is 1. The van der Waals surface area contributed by atoms with Crippen molar-refractivity contribution >= 4 is 5.78 Å². The zero-order chi connectivity index (χ0) is 17.0. The largest absolute Gasteiger partial charge is 0.416 e. The molecule has 0 radical (unpaired) electrons. The van der Waals surface area contributed by atoms with Crippen molar-refractivity contribution in [3.63, 3.8) is 0 Å². The summed E-state index contributed by atoms with van der Waals surface area (Å²) in [5, 5.41) is 3.36. The Hall–Kier alpha value is -1.40. The highest BCUT2D eigenvalue weighted by atomic mass is 19.4. The number of halogens is 3. The van der Waals surface area contributed by atoms with Crippen LogP contribution in [0.4, 0.5) is 13.2 Å². The molecule has 0 aliphatic carbocycles. The van der Waals surface area contributed by atoms with Gasteiger partial charge in [-0.25, -0.2) is 0 Å². The first-order valence-corrected chi connectivity index (χ1v) is 7.87. The molecule has 1 unspecified atom stereocenters. The lowest BCUT2D eigenvalue weighted by Gasteiger charge is -2.34. The first-order valence-electron chi connectivity index (χ1n) is 7.87. The van der Waals surface area contributed by atoms with E-state index >= 15 is 0 Å². The van der Waals surface area contributed by atoms with E-state index in [2.05, 4.69) is 5.32 Å². The predicted octanol–water partition coefficient (Wildman–Crippen LogP) is 2.89. The highest BCUT2D eigenvalue weighted by Crippen LogP contribution is 2.29. The smallest absolute Gasteiger partial charge is 0.312 e. The number of benzene rings is 1. The molecular weight excluding hydrogens is 305 g/mol. The first kappa shape index (κ1) is 17.9. The van der Waals surface area contributed by atoms with Gasteiger partial charge in [0, 0.05) is 12.5 Å². The lowest BCUT2D eigenvalue weighted by molar-refractivity contribution is -0.137. The van der Waals surface area contributed by atoms with E-state index < -0.39 is 11.7 Å². The van der Waals surface area contributed by atoms with Crippen molar-refractivity contribution in [2.45, 2.75) is 43.9 Å². The Kier molecular flexibility index (Phi) is 5.81. The summed E-state index contributed by atoms with van der Waals surface area (Å²) in [6, 6.07) is 4.78. The standard InChI is InChI=1S/C17H23F3N2O/c1-22(2)16(14-8-3-4-9-21-14)15(23)11-12-6-5-7-13(10-12)17(18,19)20/h5-7,10,14,16,21H,3-4,8-9,11H2,1-2H3/t14-,16?/m1/s1. The maximum atomic E-state index is 12.8. The van der Waals surface area contributed by atoms with Crippen LogP contribution in [0.1, 0.15) is 30.4 Å². The molecule has 1 aromatic carbocycles. The highest BCUT2D eigenvalue weighted by Gasteiger charge is 2.32. The monoisotopic (exact) mass is 328 g/mol. The predicted molar refractivity (Wildman–Crippen MR) is 83.3 cm³/mol. The average Bonchev–Trinajstić information content (AvgIpc) is 2.47. The minimum atomic E-state index is -4.38. The third kappa shape index (κ3) is 4.78. The zero-order valence-corrected chi connectivity index (χ0v) is 13.5. The van der Waals surface area contributed by atoms with Crippen LogP contribution >= 0.6 is 0 Å². The maximum absolute atomic E-state index is 12.8. The number of alkyl halides is 3. The van der Waals surface area contributed by atoms with Crippen LogP contribution in [0.2, 0.25) is 0 Å². The fraction of sp³-hybridized carbons (Fsp3) is 0.588. The second-order valence-corrected chi connectivity index (χ2v) is 6.31. The number of piperidine rings is 1. The molecule has 0 amide bonds. The van der Waals surface area contributed by atoms with Gasteiger partial charge in [0.15, 0.2) is 5.78 Å². The number of nitrogens with zero attached hydrogens (tertiary/aromatic N) is 1. The number of carbonyl (C=O) groups is 1. The van der Waals surface area contributed by atoms with Gasteiger partial charge in [0.05, 0.1) is 11.6 Å². The summed E-state index contributed by atoms with van der Waals surface area (Å²) in [5.41, 5.74) is -0.299. The van der Waals surface area contributed by atoms with Crippen LogP contribution in [-0.2, 0) is 17.4 Å². The highest BCUT2D eigenvalue weighted by molar-refractivity contribution is 5.86. The third-order valence-electron chi connectivity index (χ3n) is 4.25. The van der Waals surface area contributed by atoms with E-state index in [9.17, 15) is 18.0 Å². The summed E-state index contributed by atoms with van der Waals surface area (Å²) >= 11 is 0. The Morgan fingerprint density at radius 2 is 2.09 bits per heavy atom. The maximum Gasteiger partial charge on any atom is 0.416 e. The van der Waals surface area contributed by atoms with E-state index in [-0.39, 0.29) is 24.3 Å². The molecule has 1 saturated heterocycles. The number of carbonyl (C=O) groups excluding carboxylic acids is 1. The summed E-state index contributed by atoms with van der Waals surface area (Å²) in [6.45, 7) is 0.881. The molecule has 0 saturated carbocycles.